The van der Waals surface area contributed by atoms with Gasteiger partial charge in [0.2, 0.25) is 0 Å². The fourth-order valence-corrected chi connectivity index (χ4v) is 4.74. The Morgan fingerprint density at radius 1 is 1.21 bits per heavy atom. The van der Waals surface area contributed by atoms with E-state index in [1.54, 1.807) is 30.3 Å². The molecule has 104 valence electrons. The van der Waals surface area contributed by atoms with Crippen LogP contribution in [0.25, 0.3) is 0 Å². The summed E-state index contributed by atoms with van der Waals surface area (Å²) in [7, 11) is -1.96. The van der Waals surface area contributed by atoms with Gasteiger partial charge in [-0.05, 0) is 19.1 Å². The quantitative estimate of drug-likeness (QED) is 0.767. The zero-order valence-electron chi connectivity index (χ0n) is 10.2. The zero-order valence-corrected chi connectivity index (χ0v) is 11.9. The maximum atomic E-state index is 13.4. The van der Waals surface area contributed by atoms with Crippen LogP contribution in [0.4, 0.5) is 13.2 Å². The third-order valence-corrected chi connectivity index (χ3v) is 6.58. The van der Waals surface area contributed by atoms with E-state index in [4.69, 9.17) is 0 Å². The van der Waals surface area contributed by atoms with E-state index in [0.717, 1.165) is 5.56 Å². The molecule has 1 unspecified atom stereocenters. The number of thioether (sulfide) groups is 1. The maximum absolute atomic E-state index is 13.4. The van der Waals surface area contributed by atoms with Crippen molar-refractivity contribution in [3.8, 4) is 0 Å². The van der Waals surface area contributed by atoms with Gasteiger partial charge in [0.25, 0.3) is 0 Å². The number of halogens is 3. The molecule has 1 aromatic rings. The third-order valence-electron chi connectivity index (χ3n) is 2.90. The third kappa shape index (κ3) is 2.89. The average Bonchev–Trinajstić information content (AvgIpc) is 2.33. The van der Waals surface area contributed by atoms with Crippen molar-refractivity contribution >= 4 is 22.6 Å². The minimum atomic E-state index is -4.50. The predicted octanol–water partition coefficient (Wildman–Crippen LogP) is 4.05. The Morgan fingerprint density at radius 3 is 2.37 bits per heavy atom. The van der Waals surface area contributed by atoms with Gasteiger partial charge in [0, 0.05) is 17.1 Å². The van der Waals surface area contributed by atoms with Gasteiger partial charge in [-0.1, -0.05) is 41.6 Å². The van der Waals surface area contributed by atoms with Crippen LogP contribution in [0, 0.1) is 6.92 Å². The maximum Gasteiger partial charge on any atom is 0.415 e. The van der Waals surface area contributed by atoms with Gasteiger partial charge in [-0.25, -0.2) is 0 Å². The van der Waals surface area contributed by atoms with Gasteiger partial charge in [0.1, 0.15) is 0 Å². The lowest BCUT2D eigenvalue weighted by molar-refractivity contribution is -0.137. The highest BCUT2D eigenvalue weighted by Gasteiger charge is 2.59. The molecule has 2 rings (SSSR count). The Labute approximate surface area is 116 Å². The Kier molecular flexibility index (Phi) is 4.11. The molecule has 1 aliphatic heterocycles. The summed E-state index contributed by atoms with van der Waals surface area (Å²) < 4.78 is 49.8. The van der Waals surface area contributed by atoms with Crippen molar-refractivity contribution in [3.63, 3.8) is 0 Å². The summed E-state index contributed by atoms with van der Waals surface area (Å²) in [5.41, 5.74) is 0.982. The Morgan fingerprint density at radius 2 is 1.84 bits per heavy atom. The number of alkyl halides is 3. The lowest BCUT2D eigenvalue weighted by Crippen LogP contribution is -2.47. The molecule has 0 N–H and O–H groups in total. The summed E-state index contributed by atoms with van der Waals surface area (Å²) in [4.78, 5) is 0.492. The van der Waals surface area contributed by atoms with Crippen LogP contribution in [0.5, 0.6) is 0 Å². The van der Waals surface area contributed by atoms with E-state index >= 15 is 0 Å². The van der Waals surface area contributed by atoms with Crippen LogP contribution in [-0.4, -0.2) is 20.2 Å². The molecule has 6 heteroatoms. The summed E-state index contributed by atoms with van der Waals surface area (Å²) >= 11 is 0.659. The first kappa shape index (κ1) is 14.7. The van der Waals surface area contributed by atoms with Crippen molar-refractivity contribution in [2.45, 2.75) is 28.5 Å². The summed E-state index contributed by atoms with van der Waals surface area (Å²) in [6, 6.07) is 6.80. The highest BCUT2D eigenvalue weighted by molar-refractivity contribution is 8.12. The second kappa shape index (κ2) is 5.32. The van der Waals surface area contributed by atoms with E-state index in [2.05, 4.69) is 0 Å². The summed E-state index contributed by atoms with van der Waals surface area (Å²) in [5, 5.41) is 0. The molecule has 0 radical (unpaired) electrons. The van der Waals surface area contributed by atoms with Gasteiger partial charge in [0.15, 0.2) is 4.08 Å². The molecule has 0 saturated heterocycles. The van der Waals surface area contributed by atoms with Gasteiger partial charge in [-0.2, -0.15) is 13.2 Å². The van der Waals surface area contributed by atoms with Gasteiger partial charge in [-0.15, -0.1) is 0 Å². The van der Waals surface area contributed by atoms with E-state index in [0.29, 0.717) is 16.7 Å². The molecule has 0 spiro atoms. The van der Waals surface area contributed by atoms with Crippen molar-refractivity contribution in [1.82, 2.24) is 0 Å². The van der Waals surface area contributed by atoms with Crippen LogP contribution in [0.3, 0.4) is 0 Å². The molecule has 1 aromatic carbocycles. The van der Waals surface area contributed by atoms with E-state index in [9.17, 15) is 17.4 Å². The molecule has 0 bridgehead atoms. The van der Waals surface area contributed by atoms with Gasteiger partial charge >= 0.3 is 6.18 Å². The van der Waals surface area contributed by atoms with Crippen molar-refractivity contribution in [1.29, 1.82) is 0 Å². The molecular weight excluding hydrogens is 293 g/mol. The molecule has 1 aliphatic rings. The van der Waals surface area contributed by atoms with Crippen molar-refractivity contribution < 1.29 is 17.4 Å². The fraction of sp³-hybridized carbons (Fsp3) is 0.385. The number of hydrogen-bond donors (Lipinski definition) is 0. The SMILES string of the molecule is Cc1ccc(S[C@]2(C(F)(F)F)CC=CCS2=O)cc1. The van der Waals surface area contributed by atoms with Crippen molar-refractivity contribution in [2.24, 2.45) is 0 Å². The first-order valence-electron chi connectivity index (χ1n) is 5.71. The van der Waals surface area contributed by atoms with Crippen LogP contribution >= 0.6 is 11.8 Å². The van der Waals surface area contributed by atoms with E-state index in [1.807, 2.05) is 6.92 Å². The van der Waals surface area contributed by atoms with Crippen LogP contribution < -0.4 is 0 Å². The number of hydrogen-bond acceptors (Lipinski definition) is 2. The Balaban J connectivity index is 2.37. The van der Waals surface area contributed by atoms with Gasteiger partial charge in [0.05, 0.1) is 10.8 Å². The molecule has 0 aromatic heterocycles. The van der Waals surface area contributed by atoms with Crippen molar-refractivity contribution in [2.75, 3.05) is 5.75 Å². The molecule has 19 heavy (non-hydrogen) atoms. The van der Waals surface area contributed by atoms with Crippen LogP contribution in [0.1, 0.15) is 12.0 Å². The molecule has 0 fully saturated rings. The summed E-state index contributed by atoms with van der Waals surface area (Å²) in [6.07, 6.45) is -1.73. The highest BCUT2D eigenvalue weighted by Crippen LogP contribution is 2.51. The largest absolute Gasteiger partial charge is 0.415 e. The fourth-order valence-electron chi connectivity index (χ4n) is 1.81. The number of benzene rings is 1. The molecule has 0 amide bonds. The van der Waals surface area contributed by atoms with Gasteiger partial charge in [-0.3, -0.25) is 4.21 Å². The summed E-state index contributed by atoms with van der Waals surface area (Å²) in [5.74, 6) is -0.0433. The van der Waals surface area contributed by atoms with E-state index in [-0.39, 0.29) is 12.2 Å². The van der Waals surface area contributed by atoms with E-state index in [1.165, 1.54) is 6.08 Å². The average molecular weight is 306 g/mol. The minimum Gasteiger partial charge on any atom is -0.257 e. The lowest BCUT2D eigenvalue weighted by Gasteiger charge is -2.35. The van der Waals surface area contributed by atoms with Gasteiger partial charge < -0.3 is 0 Å². The van der Waals surface area contributed by atoms with Crippen LogP contribution in [-0.2, 0) is 10.8 Å². The topological polar surface area (TPSA) is 17.1 Å². The van der Waals surface area contributed by atoms with E-state index < -0.39 is 21.1 Å². The molecule has 0 aliphatic carbocycles. The molecule has 0 saturated carbocycles. The molecule has 2 atom stereocenters. The second-order valence-corrected chi connectivity index (χ2v) is 7.71. The van der Waals surface area contributed by atoms with Crippen LogP contribution in [0.15, 0.2) is 41.3 Å². The van der Waals surface area contributed by atoms with Crippen molar-refractivity contribution in [3.05, 3.63) is 42.0 Å². The smallest absolute Gasteiger partial charge is 0.257 e. The number of aryl methyl sites for hydroxylation is 1. The first-order chi connectivity index (χ1) is 8.85. The zero-order chi connectivity index (χ0) is 14.1. The molecule has 1 heterocycles. The predicted molar refractivity (Wildman–Crippen MR) is 72.6 cm³/mol. The first-order valence-corrected chi connectivity index (χ1v) is 7.84. The molecule has 1 nitrogen and oxygen atoms in total. The lowest BCUT2D eigenvalue weighted by atomic mass is 10.2. The summed E-state index contributed by atoms with van der Waals surface area (Å²) in [6.45, 7) is 1.87. The number of allylic oxidation sites excluding steroid dienone is 1. The standard InChI is InChI=1S/C13H13F3OS2/c1-10-4-6-11(7-5-10)18-12(13(14,15)16)8-2-3-9-19(12)17/h2-7H,8-9H2,1H3/t12-,19?/m1/s1. The second-order valence-electron chi connectivity index (χ2n) is 4.35. The Bertz CT molecular complexity index is 508. The number of rotatable bonds is 2. The normalized spacial score (nSPS) is 27.5. The molecular formula is C13H13F3OS2. The minimum absolute atomic E-state index is 0.0433. The Hall–Kier alpha value is -0.750. The highest BCUT2D eigenvalue weighted by atomic mass is 32.2. The van der Waals surface area contributed by atoms with Crippen LogP contribution in [0.2, 0.25) is 0 Å². The monoisotopic (exact) mass is 306 g/mol.